The zero-order valence-electron chi connectivity index (χ0n) is 11.3. The SMILES string of the molecule is C=C/C=C\C(=NC)OC(/C=C\C=C)=C/C.CC. The highest BCUT2D eigenvalue weighted by molar-refractivity contribution is 5.88. The van der Waals surface area contributed by atoms with Gasteiger partial charge in [0.2, 0.25) is 5.90 Å². The number of hydrogen-bond acceptors (Lipinski definition) is 2. The lowest BCUT2D eigenvalue weighted by Crippen LogP contribution is -1.99. The van der Waals surface area contributed by atoms with E-state index >= 15 is 0 Å². The lowest BCUT2D eigenvalue weighted by atomic mass is 10.4. The van der Waals surface area contributed by atoms with Crippen LogP contribution in [0.2, 0.25) is 0 Å². The Morgan fingerprint density at radius 2 is 1.59 bits per heavy atom. The van der Waals surface area contributed by atoms with Gasteiger partial charge >= 0.3 is 0 Å². The number of nitrogens with zero attached hydrogens (tertiary/aromatic N) is 1. The van der Waals surface area contributed by atoms with Crippen molar-refractivity contribution >= 4 is 5.90 Å². The van der Waals surface area contributed by atoms with Gasteiger partial charge in [-0.25, -0.2) is 0 Å². The summed E-state index contributed by atoms with van der Waals surface area (Å²) >= 11 is 0. The van der Waals surface area contributed by atoms with E-state index in [1.807, 2.05) is 32.9 Å². The summed E-state index contributed by atoms with van der Waals surface area (Å²) in [6.07, 6.45) is 12.4. The number of hydrogen-bond donors (Lipinski definition) is 0. The molecule has 0 fully saturated rings. The molecule has 0 aliphatic carbocycles. The van der Waals surface area contributed by atoms with Crippen molar-refractivity contribution in [2.24, 2.45) is 4.99 Å². The van der Waals surface area contributed by atoms with Crippen molar-refractivity contribution in [2.45, 2.75) is 20.8 Å². The van der Waals surface area contributed by atoms with Crippen LogP contribution in [-0.4, -0.2) is 12.9 Å². The molecule has 0 saturated carbocycles. The fourth-order valence-electron chi connectivity index (χ4n) is 0.777. The van der Waals surface area contributed by atoms with Crippen LogP contribution in [0.15, 0.2) is 66.4 Å². The summed E-state index contributed by atoms with van der Waals surface area (Å²) in [5.41, 5.74) is 0. The first-order valence-corrected chi connectivity index (χ1v) is 5.67. The molecule has 0 amide bonds. The highest BCUT2D eigenvalue weighted by atomic mass is 16.5. The zero-order valence-corrected chi connectivity index (χ0v) is 11.3. The van der Waals surface area contributed by atoms with Gasteiger partial charge in [-0.1, -0.05) is 51.3 Å². The molecule has 0 heterocycles. The van der Waals surface area contributed by atoms with Crippen LogP contribution in [0, 0.1) is 0 Å². The molecule has 0 N–H and O–H groups in total. The van der Waals surface area contributed by atoms with E-state index in [-0.39, 0.29) is 0 Å². The summed E-state index contributed by atoms with van der Waals surface area (Å²) < 4.78 is 5.50. The van der Waals surface area contributed by atoms with E-state index in [4.69, 9.17) is 4.74 Å². The Bertz CT molecular complexity index is 288. The van der Waals surface area contributed by atoms with Gasteiger partial charge in [0.25, 0.3) is 0 Å². The highest BCUT2D eigenvalue weighted by Gasteiger charge is 1.95. The van der Waals surface area contributed by atoms with Crippen LogP contribution in [0.1, 0.15) is 20.8 Å². The van der Waals surface area contributed by atoms with Gasteiger partial charge in [-0.15, -0.1) is 0 Å². The van der Waals surface area contributed by atoms with E-state index in [2.05, 4.69) is 18.2 Å². The van der Waals surface area contributed by atoms with Crippen LogP contribution in [0.25, 0.3) is 0 Å². The standard InChI is InChI=1S/C13H17NO.C2H6/c1-5-8-10-12(7-3)15-13(14-4)11-9-6-2;1-2/h5-11H,1-2H2,3-4H3;1-2H3/b10-8-,11-9-,12-7+,14-13?;. The minimum absolute atomic E-state index is 0.539. The van der Waals surface area contributed by atoms with Crippen molar-refractivity contribution in [2.75, 3.05) is 7.05 Å². The summed E-state index contributed by atoms with van der Waals surface area (Å²) in [4.78, 5) is 3.98. The molecule has 0 radical (unpaired) electrons. The molecule has 0 aromatic heterocycles. The van der Waals surface area contributed by atoms with Crippen molar-refractivity contribution in [3.8, 4) is 0 Å². The van der Waals surface area contributed by atoms with Crippen LogP contribution in [-0.2, 0) is 4.74 Å². The number of aliphatic imine (C=N–C) groups is 1. The Kier molecular flexibility index (Phi) is 14.6. The summed E-state index contributed by atoms with van der Waals surface area (Å²) in [7, 11) is 1.67. The van der Waals surface area contributed by atoms with E-state index in [0.29, 0.717) is 5.90 Å². The van der Waals surface area contributed by atoms with E-state index in [0.717, 1.165) is 5.76 Å². The normalized spacial score (nSPS) is 12.2. The largest absolute Gasteiger partial charge is 0.440 e. The summed E-state index contributed by atoms with van der Waals surface area (Å²) in [6.45, 7) is 13.1. The number of allylic oxidation sites excluding steroid dienone is 6. The third kappa shape index (κ3) is 10.5. The van der Waals surface area contributed by atoms with Crippen molar-refractivity contribution in [1.29, 1.82) is 0 Å². The van der Waals surface area contributed by atoms with Crippen LogP contribution >= 0.6 is 0 Å². The summed E-state index contributed by atoms with van der Waals surface area (Å²) in [6, 6.07) is 0. The van der Waals surface area contributed by atoms with Gasteiger partial charge in [0.15, 0.2) is 0 Å². The molecule has 0 unspecified atom stereocenters. The molecule has 94 valence electrons. The molecule has 2 nitrogen and oxygen atoms in total. The maximum Gasteiger partial charge on any atom is 0.214 e. The highest BCUT2D eigenvalue weighted by Crippen LogP contribution is 2.02. The first-order chi connectivity index (χ1) is 8.28. The summed E-state index contributed by atoms with van der Waals surface area (Å²) in [5, 5.41) is 0. The van der Waals surface area contributed by atoms with E-state index in [9.17, 15) is 0 Å². The molecule has 0 aliphatic rings. The van der Waals surface area contributed by atoms with Gasteiger partial charge in [0.05, 0.1) is 0 Å². The van der Waals surface area contributed by atoms with E-state index in [1.54, 1.807) is 37.4 Å². The Labute approximate surface area is 105 Å². The average molecular weight is 233 g/mol. The molecular weight excluding hydrogens is 210 g/mol. The molecule has 0 aromatic rings. The topological polar surface area (TPSA) is 21.6 Å². The fraction of sp³-hybridized carbons (Fsp3) is 0.267. The van der Waals surface area contributed by atoms with Crippen molar-refractivity contribution in [3.05, 3.63) is 61.4 Å². The quantitative estimate of drug-likeness (QED) is 0.297. The maximum atomic E-state index is 5.50. The Hall–Kier alpha value is -1.83. The van der Waals surface area contributed by atoms with E-state index < -0.39 is 0 Å². The molecule has 0 aliphatic heterocycles. The molecule has 0 aromatic carbocycles. The second-order valence-electron chi connectivity index (χ2n) is 2.54. The minimum atomic E-state index is 0.539. The van der Waals surface area contributed by atoms with Gasteiger partial charge in [0.1, 0.15) is 5.76 Å². The smallest absolute Gasteiger partial charge is 0.214 e. The molecule has 0 saturated heterocycles. The Morgan fingerprint density at radius 3 is 2.00 bits per heavy atom. The lowest BCUT2D eigenvalue weighted by Gasteiger charge is -2.04. The second kappa shape index (κ2) is 14.2. The molecule has 2 heteroatoms. The van der Waals surface area contributed by atoms with Crippen molar-refractivity contribution < 1.29 is 4.74 Å². The van der Waals surface area contributed by atoms with Gasteiger partial charge in [-0.05, 0) is 19.1 Å². The van der Waals surface area contributed by atoms with Crippen LogP contribution < -0.4 is 0 Å². The summed E-state index contributed by atoms with van der Waals surface area (Å²) in [5.74, 6) is 1.26. The predicted octanol–water partition coefficient (Wildman–Crippen LogP) is 4.45. The Morgan fingerprint density at radius 1 is 1.06 bits per heavy atom. The molecule has 0 atom stereocenters. The van der Waals surface area contributed by atoms with Gasteiger partial charge in [-0.2, -0.15) is 0 Å². The Balaban J connectivity index is 0. The van der Waals surface area contributed by atoms with Crippen LogP contribution in [0.3, 0.4) is 0 Å². The second-order valence-corrected chi connectivity index (χ2v) is 2.54. The number of ether oxygens (including phenoxy) is 1. The molecule has 17 heavy (non-hydrogen) atoms. The molecule has 0 spiro atoms. The van der Waals surface area contributed by atoms with Gasteiger partial charge in [-0.3, -0.25) is 4.99 Å². The predicted molar refractivity (Wildman–Crippen MR) is 78.2 cm³/mol. The molecular formula is C15H23NO. The van der Waals surface area contributed by atoms with Crippen molar-refractivity contribution in [1.82, 2.24) is 0 Å². The molecule has 0 bridgehead atoms. The van der Waals surface area contributed by atoms with Gasteiger partial charge < -0.3 is 4.74 Å². The monoisotopic (exact) mass is 233 g/mol. The first-order valence-electron chi connectivity index (χ1n) is 5.67. The maximum absolute atomic E-state index is 5.50. The van der Waals surface area contributed by atoms with E-state index in [1.165, 1.54) is 0 Å². The van der Waals surface area contributed by atoms with Crippen molar-refractivity contribution in [3.63, 3.8) is 0 Å². The van der Waals surface area contributed by atoms with Crippen LogP contribution in [0.5, 0.6) is 0 Å². The zero-order chi connectivity index (χ0) is 13.5. The third-order valence-electron chi connectivity index (χ3n) is 1.50. The average Bonchev–Trinajstić information content (AvgIpc) is 2.40. The van der Waals surface area contributed by atoms with Crippen LogP contribution in [0.4, 0.5) is 0 Å². The molecule has 0 rings (SSSR count). The lowest BCUT2D eigenvalue weighted by molar-refractivity contribution is 0.436. The fourth-order valence-corrected chi connectivity index (χ4v) is 0.777. The third-order valence-corrected chi connectivity index (χ3v) is 1.50. The number of rotatable bonds is 5. The minimum Gasteiger partial charge on any atom is -0.440 e. The van der Waals surface area contributed by atoms with Gasteiger partial charge in [0, 0.05) is 13.1 Å². The first kappa shape index (κ1) is 17.6.